The molecule has 246 valence electrons. The van der Waals surface area contributed by atoms with E-state index in [-0.39, 0.29) is 5.41 Å². The smallest absolute Gasteiger partial charge is 0.137 e. The Balaban J connectivity index is 1.14. The third kappa shape index (κ3) is 3.79. The molecule has 0 atom stereocenters. The predicted molar refractivity (Wildman–Crippen MR) is 215 cm³/mol. The Morgan fingerprint density at radius 3 is 1.73 bits per heavy atom. The molecule has 0 unspecified atom stereocenters. The number of rotatable bonds is 5. The van der Waals surface area contributed by atoms with Crippen LogP contribution in [0.3, 0.4) is 0 Å². The molecule has 9 aromatic rings. The molecule has 0 saturated heterocycles. The Morgan fingerprint density at radius 1 is 0.423 bits per heavy atom. The molecule has 0 bridgehead atoms. The van der Waals surface area contributed by atoms with Crippen LogP contribution in [0, 0.1) is 0 Å². The molecule has 2 nitrogen and oxygen atoms in total. The fraction of sp³-hybridized carbons (Fsp3) is 0.0800. The van der Waals surface area contributed by atoms with E-state index in [1.54, 1.807) is 0 Å². The van der Waals surface area contributed by atoms with E-state index in [4.69, 9.17) is 4.42 Å². The number of hydrogen-bond acceptors (Lipinski definition) is 2. The minimum absolute atomic E-state index is 0.0384. The van der Waals surface area contributed by atoms with Crippen LogP contribution < -0.4 is 4.90 Å². The Labute approximate surface area is 303 Å². The average molecular weight is 666 g/mol. The minimum Gasteiger partial charge on any atom is -0.456 e. The van der Waals surface area contributed by atoms with Gasteiger partial charge in [-0.25, -0.2) is 0 Å². The lowest BCUT2D eigenvalue weighted by Crippen LogP contribution is -2.30. The van der Waals surface area contributed by atoms with Gasteiger partial charge in [-0.15, -0.1) is 0 Å². The van der Waals surface area contributed by atoms with Crippen molar-refractivity contribution in [2.24, 2.45) is 0 Å². The molecular formula is C50H35NO. The largest absolute Gasteiger partial charge is 0.456 e. The zero-order valence-corrected chi connectivity index (χ0v) is 29.1. The number of hydrogen-bond donors (Lipinski definition) is 0. The van der Waals surface area contributed by atoms with Crippen LogP contribution >= 0.6 is 0 Å². The highest BCUT2D eigenvalue weighted by atomic mass is 16.3. The summed E-state index contributed by atoms with van der Waals surface area (Å²) in [4.78, 5) is 2.38. The first-order valence-corrected chi connectivity index (χ1v) is 18.2. The summed E-state index contributed by atoms with van der Waals surface area (Å²) < 4.78 is 6.42. The van der Waals surface area contributed by atoms with Gasteiger partial charge in [-0.3, -0.25) is 0 Å². The van der Waals surface area contributed by atoms with Gasteiger partial charge >= 0.3 is 0 Å². The van der Waals surface area contributed by atoms with Gasteiger partial charge in [0, 0.05) is 39.0 Å². The Kier molecular flexibility index (Phi) is 5.97. The summed E-state index contributed by atoms with van der Waals surface area (Å²) >= 11 is 0. The van der Waals surface area contributed by atoms with E-state index in [1.807, 2.05) is 12.1 Å². The van der Waals surface area contributed by atoms with Gasteiger partial charge in [0.25, 0.3) is 0 Å². The zero-order valence-electron chi connectivity index (χ0n) is 29.1. The van der Waals surface area contributed by atoms with E-state index in [0.717, 1.165) is 39.0 Å². The summed E-state index contributed by atoms with van der Waals surface area (Å²) in [7, 11) is 0. The van der Waals surface area contributed by atoms with Crippen molar-refractivity contribution in [1.29, 1.82) is 0 Å². The van der Waals surface area contributed by atoms with Crippen LogP contribution in [-0.2, 0) is 10.8 Å². The van der Waals surface area contributed by atoms with Crippen LogP contribution in [0.2, 0.25) is 0 Å². The maximum absolute atomic E-state index is 6.42. The summed E-state index contributed by atoms with van der Waals surface area (Å²) in [5, 5.41) is 4.66. The molecule has 2 heteroatoms. The van der Waals surface area contributed by atoms with Crippen molar-refractivity contribution in [3.63, 3.8) is 0 Å². The lowest BCUT2D eigenvalue weighted by atomic mass is 9.66. The SMILES string of the molecule is CC1(C)c2cccc3c2-c2c1cccc2C3(c1ccccc1)c1ccc(N(c2ccc3c(c2)oc2ccccc23)c2cccc3ccccc23)cc1. The fourth-order valence-electron chi connectivity index (χ4n) is 9.62. The number of para-hydroxylation sites is 1. The first kappa shape index (κ1) is 29.4. The predicted octanol–water partition coefficient (Wildman–Crippen LogP) is 13.2. The summed E-state index contributed by atoms with van der Waals surface area (Å²) in [5.41, 5.74) is 15.6. The molecule has 2 aliphatic carbocycles. The van der Waals surface area contributed by atoms with Crippen molar-refractivity contribution >= 4 is 49.8 Å². The van der Waals surface area contributed by atoms with E-state index in [9.17, 15) is 0 Å². The third-order valence-electron chi connectivity index (χ3n) is 11.9. The number of anilines is 3. The standard InChI is InChI=1S/C50H35NO/c1-49(2)40-19-11-21-42-47(40)48-41(49)20-12-22-43(48)50(42,33-15-4-3-5-16-33)34-25-27-35(28-26-34)51(44-23-10-14-32-13-6-7-17-37(32)44)36-29-30-39-38-18-8-9-24-45(38)52-46(39)31-36/h3-31H,1-2H3. The van der Waals surface area contributed by atoms with Gasteiger partial charge < -0.3 is 9.32 Å². The lowest BCUT2D eigenvalue weighted by molar-refractivity contribution is 0.652. The molecule has 0 spiro atoms. The summed E-state index contributed by atoms with van der Waals surface area (Å²) in [6.45, 7) is 4.75. The molecule has 52 heavy (non-hydrogen) atoms. The number of benzene rings is 8. The highest BCUT2D eigenvalue weighted by molar-refractivity contribution is 6.07. The van der Waals surface area contributed by atoms with E-state index in [2.05, 4.69) is 183 Å². The molecule has 0 aliphatic heterocycles. The molecule has 11 rings (SSSR count). The molecule has 1 aromatic heterocycles. The molecule has 0 N–H and O–H groups in total. The van der Waals surface area contributed by atoms with Gasteiger partial charge in [-0.1, -0.05) is 147 Å². The van der Waals surface area contributed by atoms with Gasteiger partial charge in [0.2, 0.25) is 0 Å². The van der Waals surface area contributed by atoms with Crippen molar-refractivity contribution in [2.75, 3.05) is 4.90 Å². The van der Waals surface area contributed by atoms with Gasteiger partial charge in [0.15, 0.2) is 0 Å². The van der Waals surface area contributed by atoms with Crippen LogP contribution in [0.4, 0.5) is 17.1 Å². The first-order chi connectivity index (χ1) is 25.5. The monoisotopic (exact) mass is 665 g/mol. The molecule has 0 saturated carbocycles. The third-order valence-corrected chi connectivity index (χ3v) is 11.9. The number of nitrogens with zero attached hydrogens (tertiary/aromatic N) is 1. The Bertz CT molecular complexity index is 2820. The van der Waals surface area contributed by atoms with Gasteiger partial charge in [-0.2, -0.15) is 0 Å². The fourth-order valence-corrected chi connectivity index (χ4v) is 9.62. The first-order valence-electron chi connectivity index (χ1n) is 18.2. The zero-order chi connectivity index (χ0) is 34.6. The molecule has 1 heterocycles. The van der Waals surface area contributed by atoms with Gasteiger partial charge in [0.05, 0.1) is 11.1 Å². The lowest BCUT2D eigenvalue weighted by Gasteiger charge is -2.36. The van der Waals surface area contributed by atoms with Gasteiger partial charge in [-0.05, 0) is 86.3 Å². The van der Waals surface area contributed by atoms with Crippen LogP contribution in [0.5, 0.6) is 0 Å². The molecule has 0 radical (unpaired) electrons. The van der Waals surface area contributed by atoms with Crippen molar-refractivity contribution in [2.45, 2.75) is 24.7 Å². The van der Waals surface area contributed by atoms with E-state index >= 15 is 0 Å². The van der Waals surface area contributed by atoms with Gasteiger partial charge in [0.1, 0.15) is 11.2 Å². The topological polar surface area (TPSA) is 16.4 Å². The molecule has 8 aromatic carbocycles. The highest BCUT2D eigenvalue weighted by Crippen LogP contribution is 2.64. The maximum atomic E-state index is 6.42. The van der Waals surface area contributed by atoms with E-state index in [0.29, 0.717) is 0 Å². The normalized spacial score (nSPS) is 14.7. The highest BCUT2D eigenvalue weighted by Gasteiger charge is 2.52. The van der Waals surface area contributed by atoms with Crippen LogP contribution in [-0.4, -0.2) is 0 Å². The average Bonchev–Trinajstić information content (AvgIpc) is 3.80. The Hall–Kier alpha value is -6.38. The van der Waals surface area contributed by atoms with Crippen LogP contribution in [0.1, 0.15) is 47.2 Å². The minimum atomic E-state index is -0.440. The molecule has 0 amide bonds. The molecule has 2 aliphatic rings. The van der Waals surface area contributed by atoms with Crippen LogP contribution in [0.25, 0.3) is 43.8 Å². The van der Waals surface area contributed by atoms with Crippen molar-refractivity contribution in [1.82, 2.24) is 0 Å². The number of fused-ring (bicyclic) bond motifs is 4. The number of furan rings is 1. The van der Waals surface area contributed by atoms with Crippen molar-refractivity contribution in [3.8, 4) is 11.1 Å². The van der Waals surface area contributed by atoms with E-state index in [1.165, 1.54) is 55.3 Å². The Morgan fingerprint density at radius 2 is 0.981 bits per heavy atom. The van der Waals surface area contributed by atoms with Crippen molar-refractivity contribution in [3.05, 3.63) is 209 Å². The quantitative estimate of drug-likeness (QED) is 0.182. The van der Waals surface area contributed by atoms with Crippen LogP contribution in [0.15, 0.2) is 180 Å². The second-order valence-electron chi connectivity index (χ2n) is 14.9. The second kappa shape index (κ2) is 10.6. The van der Waals surface area contributed by atoms with Crippen molar-refractivity contribution < 1.29 is 4.42 Å². The second-order valence-corrected chi connectivity index (χ2v) is 14.9. The summed E-state index contributed by atoms with van der Waals surface area (Å²) in [6.07, 6.45) is 0. The maximum Gasteiger partial charge on any atom is 0.137 e. The summed E-state index contributed by atoms with van der Waals surface area (Å²) in [6, 6.07) is 64.6. The molecular weight excluding hydrogens is 631 g/mol. The summed E-state index contributed by atoms with van der Waals surface area (Å²) in [5.74, 6) is 0. The van der Waals surface area contributed by atoms with E-state index < -0.39 is 5.41 Å². The molecule has 0 fully saturated rings.